The van der Waals surface area contributed by atoms with Crippen molar-refractivity contribution in [2.24, 2.45) is 0 Å². The zero-order chi connectivity index (χ0) is 14.8. The molecule has 0 spiro atoms. The molecule has 2 fully saturated rings. The second kappa shape index (κ2) is 3.98. The summed E-state index contributed by atoms with van der Waals surface area (Å²) in [5.41, 5.74) is 7.74. The molecule has 0 unspecified atom stereocenters. The summed E-state index contributed by atoms with van der Waals surface area (Å²) in [5.74, 6) is 0.609. The minimum atomic E-state index is -0.363. The van der Waals surface area contributed by atoms with Crippen molar-refractivity contribution >= 4 is 18.4 Å². The second-order valence-corrected chi connectivity index (χ2v) is 7.31. The molecule has 20 heavy (non-hydrogen) atoms. The number of nitrogen functional groups attached to an aromatic ring is 1. The van der Waals surface area contributed by atoms with E-state index in [1.165, 1.54) is 0 Å². The van der Waals surface area contributed by atoms with E-state index >= 15 is 0 Å². The molecule has 0 aromatic carbocycles. The van der Waals surface area contributed by atoms with Gasteiger partial charge >= 0.3 is 7.12 Å². The normalized spacial score (nSPS) is 25.8. The molecule has 0 amide bonds. The molecular weight excluding hydrogens is 251 g/mol. The average molecular weight is 274 g/mol. The molecule has 1 aromatic rings. The highest BCUT2D eigenvalue weighted by Crippen LogP contribution is 2.49. The van der Waals surface area contributed by atoms with Crippen molar-refractivity contribution < 1.29 is 9.31 Å². The van der Waals surface area contributed by atoms with E-state index < -0.39 is 0 Å². The fraction of sp³-hybridized carbons (Fsp3) is 0.667. The summed E-state index contributed by atoms with van der Waals surface area (Å²) in [6.45, 7) is 10.5. The molecule has 1 aliphatic heterocycles. The average Bonchev–Trinajstić information content (AvgIpc) is 3.00. The van der Waals surface area contributed by atoms with Crippen LogP contribution in [0.5, 0.6) is 0 Å². The van der Waals surface area contributed by atoms with Gasteiger partial charge < -0.3 is 15.0 Å². The van der Waals surface area contributed by atoms with Crippen LogP contribution in [-0.2, 0) is 14.7 Å². The molecule has 4 nitrogen and oxygen atoms in total. The summed E-state index contributed by atoms with van der Waals surface area (Å²) >= 11 is 0. The van der Waals surface area contributed by atoms with Crippen LogP contribution in [0.2, 0.25) is 0 Å². The van der Waals surface area contributed by atoms with Gasteiger partial charge in [-0.1, -0.05) is 6.92 Å². The number of hydrogen-bond donors (Lipinski definition) is 1. The summed E-state index contributed by atoms with van der Waals surface area (Å²) in [5, 5.41) is 0. The molecule has 108 valence electrons. The largest absolute Gasteiger partial charge is 0.495 e. The van der Waals surface area contributed by atoms with Crippen molar-refractivity contribution in [2.45, 2.75) is 64.1 Å². The van der Waals surface area contributed by atoms with Crippen molar-refractivity contribution in [3.8, 4) is 0 Å². The first-order valence-corrected chi connectivity index (χ1v) is 7.27. The monoisotopic (exact) mass is 274 g/mol. The zero-order valence-corrected chi connectivity index (χ0v) is 13.0. The lowest BCUT2D eigenvalue weighted by molar-refractivity contribution is 0.00578. The van der Waals surface area contributed by atoms with Crippen LogP contribution in [-0.4, -0.2) is 23.3 Å². The van der Waals surface area contributed by atoms with E-state index in [1.807, 2.05) is 6.07 Å². The van der Waals surface area contributed by atoms with Gasteiger partial charge in [0.15, 0.2) is 0 Å². The van der Waals surface area contributed by atoms with Crippen LogP contribution in [0.1, 0.15) is 53.0 Å². The van der Waals surface area contributed by atoms with E-state index in [2.05, 4.69) is 39.6 Å². The highest BCUT2D eigenvalue weighted by atomic mass is 16.7. The topological polar surface area (TPSA) is 57.4 Å². The number of nitrogens with two attached hydrogens (primary N) is 1. The Morgan fingerprint density at radius 2 is 1.65 bits per heavy atom. The molecule has 0 radical (unpaired) electrons. The Labute approximate surface area is 121 Å². The molecule has 1 aliphatic carbocycles. The summed E-state index contributed by atoms with van der Waals surface area (Å²) in [7, 11) is -0.363. The third kappa shape index (κ3) is 1.95. The lowest BCUT2D eigenvalue weighted by Crippen LogP contribution is -2.41. The van der Waals surface area contributed by atoms with Gasteiger partial charge in [0.25, 0.3) is 0 Å². The van der Waals surface area contributed by atoms with Crippen LogP contribution in [0.3, 0.4) is 0 Å². The summed E-state index contributed by atoms with van der Waals surface area (Å²) in [4.78, 5) is 4.26. The lowest BCUT2D eigenvalue weighted by atomic mass is 9.73. The maximum Gasteiger partial charge on any atom is 0.495 e. The minimum Gasteiger partial charge on any atom is -0.399 e. The van der Waals surface area contributed by atoms with Crippen molar-refractivity contribution in [3.05, 3.63) is 17.8 Å². The number of anilines is 1. The van der Waals surface area contributed by atoms with Crippen molar-refractivity contribution in [1.29, 1.82) is 0 Å². The first-order chi connectivity index (χ1) is 9.16. The SMILES string of the molecule is CC1(c2c(B3OC(C)(C)C(C)(C)O3)ccnc2N)CC1. The predicted molar refractivity (Wildman–Crippen MR) is 81.0 cm³/mol. The van der Waals surface area contributed by atoms with Crippen LogP contribution in [0.4, 0.5) is 5.82 Å². The molecule has 0 bridgehead atoms. The first kappa shape index (κ1) is 13.9. The second-order valence-electron chi connectivity index (χ2n) is 7.31. The highest BCUT2D eigenvalue weighted by molar-refractivity contribution is 6.62. The Morgan fingerprint density at radius 1 is 1.10 bits per heavy atom. The zero-order valence-electron chi connectivity index (χ0n) is 13.0. The molecule has 2 heterocycles. The van der Waals surface area contributed by atoms with E-state index in [1.54, 1.807) is 6.20 Å². The van der Waals surface area contributed by atoms with Crippen LogP contribution >= 0.6 is 0 Å². The van der Waals surface area contributed by atoms with E-state index in [9.17, 15) is 0 Å². The number of hydrogen-bond acceptors (Lipinski definition) is 4. The number of pyridine rings is 1. The van der Waals surface area contributed by atoms with Gasteiger partial charge in [-0.15, -0.1) is 0 Å². The predicted octanol–water partition coefficient (Wildman–Crippen LogP) is 2.01. The van der Waals surface area contributed by atoms with E-state index in [-0.39, 0.29) is 23.7 Å². The standard InChI is InChI=1S/C15H23BN2O2/c1-13(2)14(3,4)20-16(19-13)10-6-9-18-12(17)11(10)15(5)7-8-15/h6,9H,7-8H2,1-5H3,(H2,17,18). The molecule has 1 aromatic heterocycles. The highest BCUT2D eigenvalue weighted by Gasteiger charge is 2.54. The maximum atomic E-state index is 6.16. The number of rotatable bonds is 2. The lowest BCUT2D eigenvalue weighted by Gasteiger charge is -2.32. The third-order valence-electron chi connectivity index (χ3n) is 5.12. The van der Waals surface area contributed by atoms with Crippen LogP contribution < -0.4 is 11.2 Å². The molecule has 1 saturated carbocycles. The smallest absolute Gasteiger partial charge is 0.399 e. The van der Waals surface area contributed by atoms with Crippen molar-refractivity contribution in [1.82, 2.24) is 4.98 Å². The van der Waals surface area contributed by atoms with Gasteiger partial charge in [0.1, 0.15) is 5.82 Å². The molecular formula is C15H23BN2O2. The van der Waals surface area contributed by atoms with Crippen molar-refractivity contribution in [2.75, 3.05) is 5.73 Å². The van der Waals surface area contributed by atoms with Gasteiger partial charge in [0.05, 0.1) is 11.2 Å². The Morgan fingerprint density at radius 3 is 2.15 bits per heavy atom. The van der Waals surface area contributed by atoms with Gasteiger partial charge in [0, 0.05) is 6.20 Å². The summed E-state index contributed by atoms with van der Waals surface area (Å²) < 4.78 is 12.3. The molecule has 2 aliphatic rings. The van der Waals surface area contributed by atoms with Gasteiger partial charge in [-0.3, -0.25) is 0 Å². The Bertz CT molecular complexity index is 537. The summed E-state index contributed by atoms with van der Waals surface area (Å²) in [6.07, 6.45) is 4.04. The molecule has 5 heteroatoms. The first-order valence-electron chi connectivity index (χ1n) is 7.27. The Kier molecular flexibility index (Phi) is 2.77. The Hall–Kier alpha value is -1.07. The van der Waals surface area contributed by atoms with Crippen LogP contribution in [0.15, 0.2) is 12.3 Å². The van der Waals surface area contributed by atoms with E-state index in [0.717, 1.165) is 23.9 Å². The maximum absolute atomic E-state index is 6.16. The fourth-order valence-electron chi connectivity index (χ4n) is 2.76. The van der Waals surface area contributed by atoms with Gasteiger partial charge in [-0.25, -0.2) is 4.98 Å². The number of nitrogens with zero attached hydrogens (tertiary/aromatic N) is 1. The van der Waals surface area contributed by atoms with E-state index in [4.69, 9.17) is 15.0 Å². The van der Waals surface area contributed by atoms with Gasteiger partial charge in [-0.2, -0.15) is 0 Å². The molecule has 1 saturated heterocycles. The quantitative estimate of drug-likeness (QED) is 0.838. The molecule has 0 atom stereocenters. The van der Waals surface area contributed by atoms with E-state index in [0.29, 0.717) is 5.82 Å². The summed E-state index contributed by atoms with van der Waals surface area (Å²) in [6, 6.07) is 1.98. The van der Waals surface area contributed by atoms with Crippen molar-refractivity contribution in [3.63, 3.8) is 0 Å². The molecule has 3 rings (SSSR count). The third-order valence-corrected chi connectivity index (χ3v) is 5.12. The Balaban J connectivity index is 2.03. The van der Waals surface area contributed by atoms with Gasteiger partial charge in [-0.05, 0) is 63.0 Å². The fourth-order valence-corrected chi connectivity index (χ4v) is 2.76. The van der Waals surface area contributed by atoms with Crippen LogP contribution in [0.25, 0.3) is 0 Å². The number of aromatic nitrogens is 1. The van der Waals surface area contributed by atoms with Gasteiger partial charge in [0.2, 0.25) is 0 Å². The molecule has 2 N–H and O–H groups in total. The van der Waals surface area contributed by atoms with Crippen LogP contribution in [0, 0.1) is 0 Å². The minimum absolute atomic E-state index is 0.136.